The summed E-state index contributed by atoms with van der Waals surface area (Å²) in [7, 11) is 0. The van der Waals surface area contributed by atoms with Gasteiger partial charge in [-0.3, -0.25) is 9.59 Å². The summed E-state index contributed by atoms with van der Waals surface area (Å²) in [5.74, 6) is 0.267. The van der Waals surface area contributed by atoms with Gasteiger partial charge in [0, 0.05) is 32.7 Å². The van der Waals surface area contributed by atoms with Crippen molar-refractivity contribution in [1.82, 2.24) is 5.43 Å². The van der Waals surface area contributed by atoms with E-state index in [4.69, 9.17) is 16.0 Å². The van der Waals surface area contributed by atoms with Crippen LogP contribution >= 0.6 is 27.5 Å². The van der Waals surface area contributed by atoms with Gasteiger partial charge in [-0.2, -0.15) is 5.10 Å². The number of hydrogen-bond donors (Lipinski definition) is 2. The molecule has 4 rings (SSSR count). The van der Waals surface area contributed by atoms with Gasteiger partial charge in [-0.25, -0.2) is 5.43 Å². The van der Waals surface area contributed by atoms with Crippen molar-refractivity contribution in [2.45, 2.75) is 26.2 Å². The van der Waals surface area contributed by atoms with Gasteiger partial charge >= 0.3 is 0 Å². The number of rotatable bonds is 4. The topological polar surface area (TPSA) is 83.7 Å². The van der Waals surface area contributed by atoms with E-state index in [2.05, 4.69) is 31.8 Å². The molecule has 8 heteroatoms. The van der Waals surface area contributed by atoms with E-state index in [1.54, 1.807) is 42.5 Å². The number of aryl methyl sites for hydroxylation is 1. The van der Waals surface area contributed by atoms with Crippen molar-refractivity contribution < 1.29 is 14.0 Å². The van der Waals surface area contributed by atoms with Crippen molar-refractivity contribution in [2.75, 3.05) is 5.32 Å². The van der Waals surface area contributed by atoms with Crippen molar-refractivity contribution in [3.63, 3.8) is 0 Å². The number of carbonyl (C=O) groups excluding carboxylic acids is 2. The smallest absolute Gasteiger partial charge is 0.291 e. The molecule has 2 aromatic carbocycles. The third-order valence-corrected chi connectivity index (χ3v) is 5.95. The summed E-state index contributed by atoms with van der Waals surface area (Å²) < 4.78 is 6.59. The van der Waals surface area contributed by atoms with Crippen LogP contribution < -0.4 is 10.7 Å². The van der Waals surface area contributed by atoms with Gasteiger partial charge in [0.25, 0.3) is 11.8 Å². The maximum atomic E-state index is 12.8. The number of halogens is 2. The second kappa shape index (κ2) is 9.08. The highest BCUT2D eigenvalue weighted by Gasteiger charge is 2.28. The van der Waals surface area contributed by atoms with Gasteiger partial charge in [-0.1, -0.05) is 29.8 Å². The first-order valence-corrected chi connectivity index (χ1v) is 10.9. The van der Waals surface area contributed by atoms with Gasteiger partial charge in [0.15, 0.2) is 5.76 Å². The van der Waals surface area contributed by atoms with E-state index in [1.807, 2.05) is 13.0 Å². The first-order chi connectivity index (χ1) is 14.9. The molecule has 1 heterocycles. The highest BCUT2D eigenvalue weighted by molar-refractivity contribution is 9.10. The minimum absolute atomic E-state index is 0.233. The lowest BCUT2D eigenvalue weighted by molar-refractivity contribution is 0.0952. The van der Waals surface area contributed by atoms with Crippen LogP contribution in [0.15, 0.2) is 62.5 Å². The van der Waals surface area contributed by atoms with Crippen molar-refractivity contribution in [2.24, 2.45) is 5.10 Å². The molecule has 31 heavy (non-hydrogen) atoms. The zero-order valence-corrected chi connectivity index (χ0v) is 19.0. The predicted octanol–water partition coefficient (Wildman–Crippen LogP) is 5.73. The lowest BCUT2D eigenvalue weighted by Gasteiger charge is -2.13. The molecular weight excluding hydrogens is 482 g/mol. The molecule has 1 aliphatic carbocycles. The highest BCUT2D eigenvalue weighted by atomic mass is 79.9. The third-order valence-electron chi connectivity index (χ3n) is 5.03. The first kappa shape index (κ1) is 21.3. The number of amides is 2. The minimum Gasteiger partial charge on any atom is -0.455 e. The van der Waals surface area contributed by atoms with Crippen molar-refractivity contribution >= 4 is 50.7 Å². The standard InChI is InChI=1S/C23H19BrClN3O3/c1-13-20-18(27-28-22(29)16-8-2-3-9-17(16)24)10-5-11-19(20)31-21(13)23(30)26-15-7-4-6-14(25)12-15/h2-4,6-9,12H,5,10-11H2,1H3,(H,26,30)(H,28,29)/b27-18+. The highest BCUT2D eigenvalue weighted by Crippen LogP contribution is 2.30. The second-order valence-corrected chi connectivity index (χ2v) is 8.44. The van der Waals surface area contributed by atoms with Gasteiger partial charge in [0.2, 0.25) is 0 Å². The molecule has 158 valence electrons. The number of hydrogen-bond acceptors (Lipinski definition) is 4. The van der Waals surface area contributed by atoms with E-state index in [9.17, 15) is 9.59 Å². The molecule has 0 fully saturated rings. The SMILES string of the molecule is Cc1c(C(=O)Nc2cccc(Cl)c2)oc2c1/C(=N/NC(=O)c1ccccc1Br)CCC2. The zero-order valence-electron chi connectivity index (χ0n) is 16.7. The number of nitrogens with zero attached hydrogens (tertiary/aromatic N) is 1. The van der Waals surface area contributed by atoms with Crippen LogP contribution in [0.1, 0.15) is 50.6 Å². The molecule has 0 atom stereocenters. The number of furan rings is 1. The van der Waals surface area contributed by atoms with Crippen LogP contribution in [0, 0.1) is 6.92 Å². The molecule has 0 spiro atoms. The summed E-state index contributed by atoms with van der Waals surface area (Å²) in [5.41, 5.74) is 5.89. The normalized spacial score (nSPS) is 14.2. The average molecular weight is 501 g/mol. The zero-order chi connectivity index (χ0) is 22.0. The van der Waals surface area contributed by atoms with Crippen LogP contribution in [0.25, 0.3) is 0 Å². The fourth-order valence-corrected chi connectivity index (χ4v) is 4.23. The molecule has 6 nitrogen and oxygen atoms in total. The molecule has 0 radical (unpaired) electrons. The average Bonchev–Trinajstić information content (AvgIpc) is 3.10. The second-order valence-electron chi connectivity index (χ2n) is 7.15. The quantitative estimate of drug-likeness (QED) is 0.449. The molecule has 1 aliphatic rings. The van der Waals surface area contributed by atoms with Gasteiger partial charge in [-0.05, 0) is 66.0 Å². The number of benzene rings is 2. The monoisotopic (exact) mass is 499 g/mol. The van der Waals surface area contributed by atoms with Crippen LogP contribution in [0.5, 0.6) is 0 Å². The van der Waals surface area contributed by atoms with Crippen LogP contribution in [0.4, 0.5) is 5.69 Å². The summed E-state index contributed by atoms with van der Waals surface area (Å²) in [6.45, 7) is 1.83. The number of fused-ring (bicyclic) bond motifs is 1. The summed E-state index contributed by atoms with van der Waals surface area (Å²) in [4.78, 5) is 25.3. The van der Waals surface area contributed by atoms with Crippen molar-refractivity contribution in [3.05, 3.63) is 86.2 Å². The molecule has 0 saturated carbocycles. The lowest BCUT2D eigenvalue weighted by atomic mass is 9.93. The Hall–Kier alpha value is -2.90. The van der Waals surface area contributed by atoms with Crippen molar-refractivity contribution in [1.29, 1.82) is 0 Å². The van der Waals surface area contributed by atoms with E-state index < -0.39 is 0 Å². The number of anilines is 1. The fraction of sp³-hybridized carbons (Fsp3) is 0.174. The van der Waals surface area contributed by atoms with Gasteiger partial charge < -0.3 is 9.73 Å². The Labute approximate surface area is 192 Å². The Morgan fingerprint density at radius 1 is 1.10 bits per heavy atom. The molecule has 0 unspecified atom stereocenters. The maximum Gasteiger partial charge on any atom is 0.291 e. The molecule has 1 aromatic heterocycles. The van der Waals surface area contributed by atoms with E-state index in [0.717, 1.165) is 12.0 Å². The first-order valence-electron chi connectivity index (χ1n) is 9.75. The van der Waals surface area contributed by atoms with Gasteiger partial charge in [0.05, 0.1) is 11.3 Å². The van der Waals surface area contributed by atoms with Gasteiger partial charge in [-0.15, -0.1) is 0 Å². The summed E-state index contributed by atoms with van der Waals surface area (Å²) in [6.07, 6.45) is 2.20. The Morgan fingerprint density at radius 2 is 1.90 bits per heavy atom. The molecule has 2 N–H and O–H groups in total. The molecule has 0 aliphatic heterocycles. The molecule has 0 bridgehead atoms. The lowest BCUT2D eigenvalue weighted by Crippen LogP contribution is -2.22. The van der Waals surface area contributed by atoms with Crippen LogP contribution in [0.2, 0.25) is 5.02 Å². The molecule has 0 saturated heterocycles. The van der Waals surface area contributed by atoms with E-state index in [1.165, 1.54) is 0 Å². The van der Waals surface area contributed by atoms with E-state index in [-0.39, 0.29) is 17.6 Å². The van der Waals surface area contributed by atoms with E-state index >= 15 is 0 Å². The summed E-state index contributed by atoms with van der Waals surface area (Å²) in [5, 5.41) is 7.70. The molecular formula is C23H19BrClN3O3. The molecule has 2 amide bonds. The summed E-state index contributed by atoms with van der Waals surface area (Å²) >= 11 is 9.37. The van der Waals surface area contributed by atoms with Crippen LogP contribution in [0.3, 0.4) is 0 Å². The number of carbonyl (C=O) groups is 2. The maximum absolute atomic E-state index is 12.8. The largest absolute Gasteiger partial charge is 0.455 e. The Kier molecular flexibility index (Phi) is 6.25. The third kappa shape index (κ3) is 4.57. The Balaban J connectivity index is 1.58. The predicted molar refractivity (Wildman–Crippen MR) is 124 cm³/mol. The Bertz CT molecular complexity index is 1200. The number of hydrazone groups is 1. The van der Waals surface area contributed by atoms with E-state index in [0.29, 0.717) is 50.6 Å². The summed E-state index contributed by atoms with van der Waals surface area (Å²) in [6, 6.07) is 14.1. The fourth-order valence-electron chi connectivity index (χ4n) is 3.57. The van der Waals surface area contributed by atoms with Crippen LogP contribution in [-0.4, -0.2) is 17.5 Å². The minimum atomic E-state index is -0.356. The van der Waals surface area contributed by atoms with Gasteiger partial charge in [0.1, 0.15) is 5.76 Å². The van der Waals surface area contributed by atoms with Crippen molar-refractivity contribution in [3.8, 4) is 0 Å². The Morgan fingerprint density at radius 3 is 2.68 bits per heavy atom. The van der Waals surface area contributed by atoms with Crippen LogP contribution in [-0.2, 0) is 6.42 Å². The number of nitrogens with one attached hydrogen (secondary N) is 2. The molecule has 3 aromatic rings.